The third-order valence-corrected chi connectivity index (χ3v) is 3.06. The molecule has 0 atom stereocenters. The summed E-state index contributed by atoms with van der Waals surface area (Å²) in [5.41, 5.74) is 3.10. The number of halogens is 2. The lowest BCUT2D eigenvalue weighted by Gasteiger charge is -2.02. The fourth-order valence-electron chi connectivity index (χ4n) is 1.54. The fraction of sp³-hybridized carbons (Fsp3) is 0. The lowest BCUT2D eigenvalue weighted by atomic mass is 10.2. The summed E-state index contributed by atoms with van der Waals surface area (Å²) in [7, 11) is 0. The molecule has 0 saturated heterocycles. The van der Waals surface area contributed by atoms with Crippen LogP contribution in [0.4, 0.5) is 0 Å². The van der Waals surface area contributed by atoms with Gasteiger partial charge in [0.1, 0.15) is 0 Å². The molecule has 0 unspecified atom stereocenters. The van der Waals surface area contributed by atoms with Crippen molar-refractivity contribution in [2.45, 2.75) is 0 Å². The molecule has 0 heterocycles. The molecule has 0 saturated carbocycles. The maximum absolute atomic E-state index is 11.8. The number of carbonyl (C=O) groups excluding carboxylic acids is 1. The maximum Gasteiger partial charge on any atom is 0.271 e. The van der Waals surface area contributed by atoms with E-state index in [1.165, 1.54) is 24.4 Å². The largest absolute Gasteiger partial charge is 0.504 e. The van der Waals surface area contributed by atoms with Gasteiger partial charge in [0, 0.05) is 10.6 Å². The standard InChI is InChI=1S/C14H10Cl2N2O3/c15-10-3-1-2-9(6-10)14(21)18-17-7-8-4-11(16)13(20)12(19)5-8/h1-7,19-20H,(H,18,21)/b17-7+. The number of phenols is 2. The molecule has 0 aliphatic carbocycles. The number of amides is 1. The van der Waals surface area contributed by atoms with Gasteiger partial charge in [-0.1, -0.05) is 29.3 Å². The molecule has 3 N–H and O–H groups in total. The van der Waals surface area contributed by atoms with E-state index >= 15 is 0 Å². The summed E-state index contributed by atoms with van der Waals surface area (Å²) in [6, 6.07) is 9.07. The van der Waals surface area contributed by atoms with Crippen LogP contribution in [0.5, 0.6) is 11.5 Å². The average Bonchev–Trinajstić information content (AvgIpc) is 2.44. The molecule has 0 radical (unpaired) electrons. The van der Waals surface area contributed by atoms with E-state index in [2.05, 4.69) is 10.5 Å². The highest BCUT2D eigenvalue weighted by Gasteiger charge is 2.07. The van der Waals surface area contributed by atoms with Gasteiger partial charge in [-0.05, 0) is 35.9 Å². The first-order valence-electron chi connectivity index (χ1n) is 5.78. The topological polar surface area (TPSA) is 81.9 Å². The van der Waals surface area contributed by atoms with E-state index in [0.717, 1.165) is 0 Å². The number of phenolic OH excluding ortho intramolecular Hbond substituents is 2. The molecule has 2 aromatic carbocycles. The van der Waals surface area contributed by atoms with E-state index < -0.39 is 11.7 Å². The van der Waals surface area contributed by atoms with Crippen LogP contribution in [0.2, 0.25) is 10.0 Å². The van der Waals surface area contributed by atoms with E-state index in [1.807, 2.05) is 0 Å². The number of benzene rings is 2. The van der Waals surface area contributed by atoms with Crippen molar-refractivity contribution in [1.29, 1.82) is 0 Å². The van der Waals surface area contributed by atoms with E-state index in [0.29, 0.717) is 16.1 Å². The van der Waals surface area contributed by atoms with Crippen molar-refractivity contribution in [2.24, 2.45) is 5.10 Å². The first kappa shape index (κ1) is 15.2. The van der Waals surface area contributed by atoms with Crippen LogP contribution in [0.25, 0.3) is 0 Å². The zero-order chi connectivity index (χ0) is 15.4. The number of carbonyl (C=O) groups is 1. The zero-order valence-electron chi connectivity index (χ0n) is 10.5. The minimum Gasteiger partial charge on any atom is -0.504 e. The Kier molecular flexibility index (Phi) is 4.67. The summed E-state index contributed by atoms with van der Waals surface area (Å²) in [6.07, 6.45) is 1.29. The SMILES string of the molecule is O=C(N/N=C/c1cc(O)c(O)c(Cl)c1)c1cccc(Cl)c1. The summed E-state index contributed by atoms with van der Waals surface area (Å²) < 4.78 is 0. The molecule has 0 fully saturated rings. The van der Waals surface area contributed by atoms with E-state index in [9.17, 15) is 15.0 Å². The van der Waals surface area contributed by atoms with Crippen LogP contribution in [0, 0.1) is 0 Å². The van der Waals surface area contributed by atoms with Crippen molar-refractivity contribution in [3.05, 3.63) is 57.6 Å². The number of hydrogen-bond acceptors (Lipinski definition) is 4. The van der Waals surface area contributed by atoms with Gasteiger partial charge in [0.05, 0.1) is 11.2 Å². The van der Waals surface area contributed by atoms with Crippen molar-refractivity contribution in [3.8, 4) is 11.5 Å². The minimum absolute atomic E-state index is 0.0161. The molecule has 0 bridgehead atoms. The van der Waals surface area contributed by atoms with Crippen molar-refractivity contribution in [2.75, 3.05) is 0 Å². The maximum atomic E-state index is 11.8. The summed E-state index contributed by atoms with van der Waals surface area (Å²) in [5.74, 6) is -1.20. The van der Waals surface area contributed by atoms with E-state index in [4.69, 9.17) is 23.2 Å². The number of hydrazone groups is 1. The summed E-state index contributed by atoms with van der Waals surface area (Å²) in [6.45, 7) is 0. The fourth-order valence-corrected chi connectivity index (χ4v) is 1.95. The highest BCUT2D eigenvalue weighted by Crippen LogP contribution is 2.33. The third kappa shape index (κ3) is 3.87. The lowest BCUT2D eigenvalue weighted by molar-refractivity contribution is 0.0955. The number of nitrogens with one attached hydrogen (secondary N) is 1. The van der Waals surface area contributed by atoms with E-state index in [-0.39, 0.29) is 10.8 Å². The quantitative estimate of drug-likeness (QED) is 0.460. The van der Waals surface area contributed by atoms with Crippen LogP contribution in [0.1, 0.15) is 15.9 Å². The predicted molar refractivity (Wildman–Crippen MR) is 81.3 cm³/mol. The van der Waals surface area contributed by atoms with Crippen molar-refractivity contribution < 1.29 is 15.0 Å². The molecule has 108 valence electrons. The van der Waals surface area contributed by atoms with Crippen LogP contribution in [0.15, 0.2) is 41.5 Å². The average molecular weight is 325 g/mol. The Bertz CT molecular complexity index is 694. The lowest BCUT2D eigenvalue weighted by Crippen LogP contribution is -2.17. The van der Waals surface area contributed by atoms with Gasteiger partial charge < -0.3 is 10.2 Å². The summed E-state index contributed by atoms with van der Waals surface area (Å²) in [5, 5.41) is 22.9. The molecule has 2 rings (SSSR count). The molecule has 0 aliphatic heterocycles. The number of hydrogen-bond donors (Lipinski definition) is 3. The van der Waals surface area contributed by atoms with Gasteiger partial charge in [-0.15, -0.1) is 0 Å². The van der Waals surface area contributed by atoms with Gasteiger partial charge in [0.25, 0.3) is 5.91 Å². The Morgan fingerprint density at radius 2 is 1.95 bits per heavy atom. The van der Waals surface area contributed by atoms with Gasteiger partial charge in [-0.25, -0.2) is 5.43 Å². The van der Waals surface area contributed by atoms with E-state index in [1.54, 1.807) is 18.2 Å². The molecular weight excluding hydrogens is 315 g/mol. The van der Waals surface area contributed by atoms with Crippen molar-refractivity contribution in [1.82, 2.24) is 5.43 Å². The summed E-state index contributed by atoms with van der Waals surface area (Å²) >= 11 is 11.5. The number of rotatable bonds is 3. The highest BCUT2D eigenvalue weighted by molar-refractivity contribution is 6.32. The molecular formula is C14H10Cl2N2O3. The molecule has 0 aliphatic rings. The first-order chi connectivity index (χ1) is 9.97. The molecule has 1 amide bonds. The monoisotopic (exact) mass is 324 g/mol. The molecule has 2 aromatic rings. The second kappa shape index (κ2) is 6.47. The molecule has 21 heavy (non-hydrogen) atoms. The summed E-state index contributed by atoms with van der Waals surface area (Å²) in [4.78, 5) is 11.8. The Labute approximate surface area is 130 Å². The third-order valence-electron chi connectivity index (χ3n) is 2.53. The number of aromatic hydroxyl groups is 2. The highest BCUT2D eigenvalue weighted by atomic mass is 35.5. The Morgan fingerprint density at radius 1 is 1.19 bits per heavy atom. The Hall–Kier alpha value is -2.24. The van der Waals surface area contributed by atoms with Gasteiger partial charge in [-0.3, -0.25) is 4.79 Å². The normalized spacial score (nSPS) is 10.8. The predicted octanol–water partition coefficient (Wildman–Crippen LogP) is 3.17. The van der Waals surface area contributed by atoms with Crippen LogP contribution in [0.3, 0.4) is 0 Å². The smallest absolute Gasteiger partial charge is 0.271 e. The van der Waals surface area contributed by atoms with Gasteiger partial charge >= 0.3 is 0 Å². The first-order valence-corrected chi connectivity index (χ1v) is 6.53. The van der Waals surface area contributed by atoms with Crippen LogP contribution in [-0.2, 0) is 0 Å². The van der Waals surface area contributed by atoms with Crippen molar-refractivity contribution >= 4 is 35.3 Å². The Balaban J connectivity index is 2.07. The molecule has 0 aromatic heterocycles. The van der Waals surface area contributed by atoms with Gasteiger partial charge in [0.2, 0.25) is 0 Å². The molecule has 5 nitrogen and oxygen atoms in total. The Morgan fingerprint density at radius 3 is 2.62 bits per heavy atom. The molecule has 7 heteroatoms. The zero-order valence-corrected chi connectivity index (χ0v) is 12.1. The minimum atomic E-state index is -0.428. The van der Waals surface area contributed by atoms with Gasteiger partial charge in [-0.2, -0.15) is 5.10 Å². The second-order valence-corrected chi connectivity index (χ2v) is 4.92. The van der Waals surface area contributed by atoms with Crippen molar-refractivity contribution in [3.63, 3.8) is 0 Å². The second-order valence-electron chi connectivity index (χ2n) is 4.08. The van der Waals surface area contributed by atoms with Crippen LogP contribution >= 0.6 is 23.2 Å². The van der Waals surface area contributed by atoms with Gasteiger partial charge in [0.15, 0.2) is 11.5 Å². The number of nitrogens with zero attached hydrogens (tertiary/aromatic N) is 1. The van der Waals surface area contributed by atoms with Crippen LogP contribution < -0.4 is 5.43 Å². The molecule has 0 spiro atoms. The van der Waals surface area contributed by atoms with Crippen LogP contribution in [-0.4, -0.2) is 22.3 Å².